The highest BCUT2D eigenvalue weighted by atomic mass is 16.5. The van der Waals surface area contributed by atoms with Gasteiger partial charge in [-0.1, -0.05) is 6.92 Å². The molecule has 1 N–H and O–H groups in total. The van der Waals surface area contributed by atoms with Crippen molar-refractivity contribution in [1.82, 2.24) is 10.2 Å². The zero-order valence-electron chi connectivity index (χ0n) is 9.79. The number of rotatable bonds is 4. The van der Waals surface area contributed by atoms with Crippen LogP contribution in [0.2, 0.25) is 0 Å². The molecule has 1 aliphatic heterocycles. The normalized spacial score (nSPS) is 21.5. The number of carbonyl (C=O) groups is 1. The fourth-order valence-electron chi connectivity index (χ4n) is 1.86. The van der Waals surface area contributed by atoms with E-state index in [1.165, 1.54) is 6.42 Å². The largest absolute Gasteiger partial charge is 0.380 e. The summed E-state index contributed by atoms with van der Waals surface area (Å²) < 4.78 is 5.16. The van der Waals surface area contributed by atoms with E-state index in [4.69, 9.17) is 4.74 Å². The van der Waals surface area contributed by atoms with Gasteiger partial charge in [0.1, 0.15) is 0 Å². The van der Waals surface area contributed by atoms with Gasteiger partial charge in [0, 0.05) is 26.2 Å². The summed E-state index contributed by atoms with van der Waals surface area (Å²) in [6.45, 7) is 7.85. The molecular formula is C11H22N2O2. The summed E-state index contributed by atoms with van der Waals surface area (Å²) in [5, 5.41) is 2.87. The lowest BCUT2D eigenvalue weighted by Gasteiger charge is -2.30. The number of amides is 2. The van der Waals surface area contributed by atoms with Crippen molar-refractivity contribution < 1.29 is 9.53 Å². The first-order valence-corrected chi connectivity index (χ1v) is 5.84. The monoisotopic (exact) mass is 214 g/mol. The molecule has 1 heterocycles. The molecule has 0 spiro atoms. The summed E-state index contributed by atoms with van der Waals surface area (Å²) in [5.41, 5.74) is 0. The van der Waals surface area contributed by atoms with Gasteiger partial charge in [-0.25, -0.2) is 4.79 Å². The van der Waals surface area contributed by atoms with Crippen molar-refractivity contribution >= 4 is 6.03 Å². The SMILES string of the molecule is CCOCCNC(=O)N1CCCC(C)C1. The Labute approximate surface area is 92.0 Å². The van der Waals surface area contributed by atoms with Crippen LogP contribution >= 0.6 is 0 Å². The number of hydrogen-bond acceptors (Lipinski definition) is 2. The zero-order chi connectivity index (χ0) is 11.1. The molecule has 4 nitrogen and oxygen atoms in total. The van der Waals surface area contributed by atoms with Gasteiger partial charge in [-0.15, -0.1) is 0 Å². The van der Waals surface area contributed by atoms with E-state index in [9.17, 15) is 4.79 Å². The van der Waals surface area contributed by atoms with E-state index in [-0.39, 0.29) is 6.03 Å². The molecule has 1 saturated heterocycles. The maximum atomic E-state index is 11.7. The third-order valence-corrected chi connectivity index (χ3v) is 2.67. The fraction of sp³-hybridized carbons (Fsp3) is 0.909. The standard InChI is InChI=1S/C11H22N2O2/c1-3-15-8-6-12-11(14)13-7-4-5-10(2)9-13/h10H,3-9H2,1-2H3,(H,12,14). The summed E-state index contributed by atoms with van der Waals surface area (Å²) in [4.78, 5) is 13.6. The van der Waals surface area contributed by atoms with E-state index in [1.54, 1.807) is 0 Å². The third-order valence-electron chi connectivity index (χ3n) is 2.67. The molecule has 1 fully saturated rings. The lowest BCUT2D eigenvalue weighted by atomic mass is 10.0. The Morgan fingerprint density at radius 3 is 3.07 bits per heavy atom. The maximum absolute atomic E-state index is 11.7. The van der Waals surface area contributed by atoms with Gasteiger partial charge in [-0.2, -0.15) is 0 Å². The van der Waals surface area contributed by atoms with Crippen LogP contribution in [0.5, 0.6) is 0 Å². The number of nitrogens with zero attached hydrogens (tertiary/aromatic N) is 1. The molecule has 88 valence electrons. The fourth-order valence-corrected chi connectivity index (χ4v) is 1.86. The second kappa shape index (κ2) is 6.67. The first-order valence-electron chi connectivity index (χ1n) is 5.84. The molecule has 0 aromatic rings. The Morgan fingerprint density at radius 2 is 2.40 bits per heavy atom. The molecule has 0 radical (unpaired) electrons. The molecule has 1 aliphatic rings. The Bertz CT molecular complexity index is 197. The van der Waals surface area contributed by atoms with Gasteiger partial charge in [0.25, 0.3) is 0 Å². The molecule has 0 saturated carbocycles. The van der Waals surface area contributed by atoms with Crippen LogP contribution in [-0.2, 0) is 4.74 Å². The van der Waals surface area contributed by atoms with Crippen LogP contribution in [0.25, 0.3) is 0 Å². The van der Waals surface area contributed by atoms with E-state index in [1.807, 2.05) is 11.8 Å². The van der Waals surface area contributed by atoms with Gasteiger partial charge >= 0.3 is 6.03 Å². The molecule has 1 atom stereocenters. The molecule has 0 aromatic carbocycles. The van der Waals surface area contributed by atoms with Crippen LogP contribution in [0.3, 0.4) is 0 Å². The minimum Gasteiger partial charge on any atom is -0.380 e. The highest BCUT2D eigenvalue weighted by Crippen LogP contribution is 2.14. The number of carbonyl (C=O) groups excluding carboxylic acids is 1. The Kier molecular flexibility index (Phi) is 5.47. The predicted molar refractivity (Wildman–Crippen MR) is 59.9 cm³/mol. The molecule has 15 heavy (non-hydrogen) atoms. The molecule has 0 bridgehead atoms. The van der Waals surface area contributed by atoms with Gasteiger partial charge < -0.3 is 15.0 Å². The first kappa shape index (κ1) is 12.3. The van der Waals surface area contributed by atoms with Crippen LogP contribution in [0.4, 0.5) is 4.79 Å². The van der Waals surface area contributed by atoms with Crippen molar-refractivity contribution in [2.75, 3.05) is 32.8 Å². The van der Waals surface area contributed by atoms with E-state index >= 15 is 0 Å². The summed E-state index contributed by atoms with van der Waals surface area (Å²) in [6, 6.07) is 0.0567. The average molecular weight is 214 g/mol. The van der Waals surface area contributed by atoms with Crippen molar-refractivity contribution in [1.29, 1.82) is 0 Å². The summed E-state index contributed by atoms with van der Waals surface area (Å²) in [6.07, 6.45) is 2.36. The number of ether oxygens (including phenoxy) is 1. The lowest BCUT2D eigenvalue weighted by molar-refractivity contribution is 0.140. The maximum Gasteiger partial charge on any atom is 0.317 e. The van der Waals surface area contributed by atoms with Crippen molar-refractivity contribution in [3.63, 3.8) is 0 Å². The molecular weight excluding hydrogens is 192 g/mol. The number of piperidine rings is 1. The van der Waals surface area contributed by atoms with Crippen molar-refractivity contribution in [2.45, 2.75) is 26.7 Å². The number of nitrogens with one attached hydrogen (secondary N) is 1. The van der Waals surface area contributed by atoms with Crippen molar-refractivity contribution in [3.05, 3.63) is 0 Å². The average Bonchev–Trinajstić information content (AvgIpc) is 2.24. The van der Waals surface area contributed by atoms with E-state index in [0.29, 0.717) is 25.7 Å². The van der Waals surface area contributed by atoms with Crippen LogP contribution < -0.4 is 5.32 Å². The molecule has 0 aliphatic carbocycles. The summed E-state index contributed by atoms with van der Waals surface area (Å²) in [7, 11) is 0. The smallest absolute Gasteiger partial charge is 0.317 e. The second-order valence-corrected chi connectivity index (χ2v) is 4.12. The molecule has 0 aromatic heterocycles. The minimum atomic E-state index is 0.0567. The van der Waals surface area contributed by atoms with Gasteiger partial charge in [0.05, 0.1) is 6.61 Å². The number of likely N-dealkylation sites (tertiary alicyclic amines) is 1. The number of hydrogen-bond donors (Lipinski definition) is 1. The summed E-state index contributed by atoms with van der Waals surface area (Å²) >= 11 is 0. The Balaban J connectivity index is 2.15. The van der Waals surface area contributed by atoms with E-state index in [2.05, 4.69) is 12.2 Å². The van der Waals surface area contributed by atoms with E-state index < -0.39 is 0 Å². The van der Waals surface area contributed by atoms with Crippen LogP contribution in [0.1, 0.15) is 26.7 Å². The Morgan fingerprint density at radius 1 is 1.60 bits per heavy atom. The Hall–Kier alpha value is -0.770. The van der Waals surface area contributed by atoms with Crippen LogP contribution in [-0.4, -0.2) is 43.8 Å². The van der Waals surface area contributed by atoms with Gasteiger partial charge in [-0.05, 0) is 25.7 Å². The van der Waals surface area contributed by atoms with E-state index in [0.717, 1.165) is 19.5 Å². The van der Waals surface area contributed by atoms with Crippen LogP contribution in [0.15, 0.2) is 0 Å². The van der Waals surface area contributed by atoms with Gasteiger partial charge in [0.2, 0.25) is 0 Å². The third kappa shape index (κ3) is 4.51. The molecule has 1 rings (SSSR count). The van der Waals surface area contributed by atoms with Crippen molar-refractivity contribution in [3.8, 4) is 0 Å². The first-order chi connectivity index (χ1) is 7.24. The topological polar surface area (TPSA) is 41.6 Å². The highest BCUT2D eigenvalue weighted by Gasteiger charge is 2.20. The molecule has 1 unspecified atom stereocenters. The van der Waals surface area contributed by atoms with Crippen molar-refractivity contribution in [2.24, 2.45) is 5.92 Å². The lowest BCUT2D eigenvalue weighted by Crippen LogP contribution is -2.45. The van der Waals surface area contributed by atoms with Gasteiger partial charge in [0.15, 0.2) is 0 Å². The summed E-state index contributed by atoms with van der Waals surface area (Å²) in [5.74, 6) is 0.636. The zero-order valence-corrected chi connectivity index (χ0v) is 9.79. The quantitative estimate of drug-likeness (QED) is 0.720. The van der Waals surface area contributed by atoms with Gasteiger partial charge in [-0.3, -0.25) is 0 Å². The predicted octanol–water partition coefficient (Wildman–Crippen LogP) is 1.46. The second-order valence-electron chi connectivity index (χ2n) is 4.12. The van der Waals surface area contributed by atoms with Crippen LogP contribution in [0, 0.1) is 5.92 Å². The molecule has 4 heteroatoms. The number of urea groups is 1. The minimum absolute atomic E-state index is 0.0567. The molecule has 2 amide bonds. The highest BCUT2D eigenvalue weighted by molar-refractivity contribution is 5.74.